The molecule has 2 amide bonds. The molecule has 108 valence electrons. The molecule has 0 aromatic rings. The Balaban J connectivity index is 1.85. The van der Waals surface area contributed by atoms with Gasteiger partial charge in [0, 0.05) is 25.0 Å². The van der Waals surface area contributed by atoms with Gasteiger partial charge in [0.2, 0.25) is 11.8 Å². The van der Waals surface area contributed by atoms with E-state index in [2.05, 4.69) is 12.2 Å². The molecule has 4 heteroatoms. The Bertz CT molecular complexity index is 337. The zero-order chi connectivity index (χ0) is 13.8. The average Bonchev–Trinajstić information content (AvgIpc) is 2.97. The largest absolute Gasteiger partial charge is 0.353 e. The minimum absolute atomic E-state index is 0.0646. The van der Waals surface area contributed by atoms with E-state index in [1.807, 2.05) is 11.8 Å². The lowest BCUT2D eigenvalue weighted by molar-refractivity contribution is -0.130. The number of nitrogens with one attached hydrogen (secondary N) is 1. The summed E-state index contributed by atoms with van der Waals surface area (Å²) in [6.07, 6.45) is 7.15. The van der Waals surface area contributed by atoms with Crippen LogP contribution in [0.4, 0.5) is 0 Å². The van der Waals surface area contributed by atoms with Crippen LogP contribution in [-0.2, 0) is 9.59 Å². The average molecular weight is 266 g/mol. The van der Waals surface area contributed by atoms with Gasteiger partial charge in [-0.15, -0.1) is 0 Å². The highest BCUT2D eigenvalue weighted by Crippen LogP contribution is 2.29. The maximum absolute atomic E-state index is 12.1. The number of carbonyl (C=O) groups excluding carboxylic acids is 2. The van der Waals surface area contributed by atoms with E-state index in [0.29, 0.717) is 19.0 Å². The molecule has 1 aliphatic carbocycles. The maximum Gasteiger partial charge on any atom is 0.225 e. The predicted molar refractivity (Wildman–Crippen MR) is 74.6 cm³/mol. The van der Waals surface area contributed by atoms with E-state index in [1.165, 1.54) is 12.8 Å². The van der Waals surface area contributed by atoms with Gasteiger partial charge in [-0.05, 0) is 26.2 Å². The number of hydrogen-bond donors (Lipinski definition) is 1. The normalized spacial score (nSPS) is 25.9. The molecule has 2 atom stereocenters. The Morgan fingerprint density at radius 2 is 2.11 bits per heavy atom. The Labute approximate surface area is 115 Å². The third-order valence-corrected chi connectivity index (χ3v) is 4.41. The summed E-state index contributed by atoms with van der Waals surface area (Å²) in [6, 6.07) is 0.617. The highest BCUT2D eigenvalue weighted by atomic mass is 16.2. The van der Waals surface area contributed by atoms with Crippen molar-refractivity contribution in [2.24, 2.45) is 5.92 Å². The molecular formula is C15H26N2O2. The van der Waals surface area contributed by atoms with Gasteiger partial charge in [-0.25, -0.2) is 0 Å². The SMILES string of the molecule is CCCC(C)NC(=O)C1CC(=O)N(C2CCCC2)C1. The number of carbonyl (C=O) groups is 2. The van der Waals surface area contributed by atoms with Crippen molar-refractivity contribution in [3.8, 4) is 0 Å². The fourth-order valence-electron chi connectivity index (χ4n) is 3.34. The van der Waals surface area contributed by atoms with Gasteiger partial charge >= 0.3 is 0 Å². The smallest absolute Gasteiger partial charge is 0.225 e. The first-order chi connectivity index (χ1) is 9.11. The molecule has 0 radical (unpaired) electrons. The minimum atomic E-state index is -0.132. The third kappa shape index (κ3) is 3.48. The summed E-state index contributed by atoms with van der Waals surface area (Å²) in [7, 11) is 0. The number of rotatable bonds is 5. The second-order valence-electron chi connectivity index (χ2n) is 6.08. The van der Waals surface area contributed by atoms with Gasteiger partial charge in [0.15, 0.2) is 0 Å². The van der Waals surface area contributed by atoms with Crippen LogP contribution in [0.2, 0.25) is 0 Å². The molecule has 4 nitrogen and oxygen atoms in total. The molecule has 2 unspecified atom stereocenters. The molecule has 1 saturated heterocycles. The summed E-state index contributed by atoms with van der Waals surface area (Å²) in [5.41, 5.74) is 0. The first-order valence-electron chi connectivity index (χ1n) is 7.71. The van der Waals surface area contributed by atoms with Crippen LogP contribution in [0.1, 0.15) is 58.8 Å². The molecule has 2 rings (SSSR count). The zero-order valence-corrected chi connectivity index (χ0v) is 12.2. The maximum atomic E-state index is 12.1. The van der Waals surface area contributed by atoms with Crippen molar-refractivity contribution in [1.29, 1.82) is 0 Å². The van der Waals surface area contributed by atoms with E-state index < -0.39 is 0 Å². The molecule has 19 heavy (non-hydrogen) atoms. The molecule has 0 bridgehead atoms. The Morgan fingerprint density at radius 1 is 1.42 bits per heavy atom. The molecule has 2 fully saturated rings. The minimum Gasteiger partial charge on any atom is -0.353 e. The quantitative estimate of drug-likeness (QED) is 0.828. The molecule has 0 aromatic heterocycles. The van der Waals surface area contributed by atoms with Crippen molar-refractivity contribution >= 4 is 11.8 Å². The van der Waals surface area contributed by atoms with Crippen LogP contribution in [0.25, 0.3) is 0 Å². The van der Waals surface area contributed by atoms with Crippen molar-refractivity contribution < 1.29 is 9.59 Å². The predicted octanol–water partition coefficient (Wildman–Crippen LogP) is 2.08. The highest BCUT2D eigenvalue weighted by Gasteiger charge is 2.38. The molecule has 1 saturated carbocycles. The third-order valence-electron chi connectivity index (χ3n) is 4.41. The zero-order valence-electron chi connectivity index (χ0n) is 12.2. The molecule has 1 heterocycles. The van der Waals surface area contributed by atoms with Gasteiger partial charge < -0.3 is 10.2 Å². The van der Waals surface area contributed by atoms with Crippen molar-refractivity contribution in [3.63, 3.8) is 0 Å². The Kier molecular flexibility index (Phi) is 4.83. The van der Waals surface area contributed by atoms with Gasteiger partial charge in [0.1, 0.15) is 0 Å². The molecule has 1 aliphatic heterocycles. The van der Waals surface area contributed by atoms with E-state index in [4.69, 9.17) is 0 Å². The second kappa shape index (κ2) is 6.40. The first-order valence-corrected chi connectivity index (χ1v) is 7.71. The number of likely N-dealkylation sites (tertiary alicyclic amines) is 1. The van der Waals surface area contributed by atoms with Gasteiger partial charge in [-0.3, -0.25) is 9.59 Å². The van der Waals surface area contributed by atoms with Crippen LogP contribution in [0.15, 0.2) is 0 Å². The lowest BCUT2D eigenvalue weighted by Gasteiger charge is -2.24. The molecular weight excluding hydrogens is 240 g/mol. The van der Waals surface area contributed by atoms with Crippen molar-refractivity contribution in [2.45, 2.75) is 70.9 Å². The summed E-state index contributed by atoms with van der Waals surface area (Å²) in [5.74, 6) is 0.109. The Morgan fingerprint density at radius 3 is 2.74 bits per heavy atom. The number of hydrogen-bond acceptors (Lipinski definition) is 2. The van der Waals surface area contributed by atoms with Crippen LogP contribution >= 0.6 is 0 Å². The second-order valence-corrected chi connectivity index (χ2v) is 6.08. The van der Waals surface area contributed by atoms with Gasteiger partial charge in [-0.2, -0.15) is 0 Å². The van der Waals surface area contributed by atoms with Crippen molar-refractivity contribution in [2.75, 3.05) is 6.54 Å². The molecule has 0 aromatic carbocycles. The van der Waals surface area contributed by atoms with Crippen LogP contribution in [-0.4, -0.2) is 35.3 Å². The van der Waals surface area contributed by atoms with Crippen LogP contribution in [0, 0.1) is 5.92 Å². The van der Waals surface area contributed by atoms with Crippen molar-refractivity contribution in [3.05, 3.63) is 0 Å². The Hall–Kier alpha value is -1.06. The highest BCUT2D eigenvalue weighted by molar-refractivity contribution is 5.89. The van der Waals surface area contributed by atoms with E-state index in [0.717, 1.165) is 25.7 Å². The number of amides is 2. The summed E-state index contributed by atoms with van der Waals surface area (Å²) in [5, 5.41) is 3.04. The van der Waals surface area contributed by atoms with Crippen molar-refractivity contribution in [1.82, 2.24) is 10.2 Å². The monoisotopic (exact) mass is 266 g/mol. The van der Waals surface area contributed by atoms with Gasteiger partial charge in [0.25, 0.3) is 0 Å². The summed E-state index contributed by atoms with van der Waals surface area (Å²) in [6.45, 7) is 4.78. The van der Waals surface area contributed by atoms with E-state index >= 15 is 0 Å². The topological polar surface area (TPSA) is 49.4 Å². The van der Waals surface area contributed by atoms with E-state index in [9.17, 15) is 9.59 Å². The fourth-order valence-corrected chi connectivity index (χ4v) is 3.34. The molecule has 0 spiro atoms. The number of nitrogens with zero attached hydrogens (tertiary/aromatic N) is 1. The first kappa shape index (κ1) is 14.4. The van der Waals surface area contributed by atoms with Gasteiger partial charge in [0.05, 0.1) is 5.92 Å². The van der Waals surface area contributed by atoms with E-state index in [-0.39, 0.29) is 23.8 Å². The van der Waals surface area contributed by atoms with Gasteiger partial charge in [-0.1, -0.05) is 26.2 Å². The summed E-state index contributed by atoms with van der Waals surface area (Å²) >= 11 is 0. The van der Waals surface area contributed by atoms with Crippen LogP contribution < -0.4 is 5.32 Å². The lowest BCUT2D eigenvalue weighted by Crippen LogP contribution is -2.39. The standard InChI is InChI=1S/C15H26N2O2/c1-3-6-11(2)16-15(19)12-9-14(18)17(10-12)13-7-4-5-8-13/h11-13H,3-10H2,1-2H3,(H,16,19). The van der Waals surface area contributed by atoms with Crippen LogP contribution in [0.5, 0.6) is 0 Å². The lowest BCUT2D eigenvalue weighted by atomic mass is 10.1. The fraction of sp³-hybridized carbons (Fsp3) is 0.867. The molecule has 2 aliphatic rings. The van der Waals surface area contributed by atoms with Crippen LogP contribution in [0.3, 0.4) is 0 Å². The van der Waals surface area contributed by atoms with E-state index in [1.54, 1.807) is 0 Å². The summed E-state index contributed by atoms with van der Waals surface area (Å²) < 4.78 is 0. The molecule has 1 N–H and O–H groups in total. The summed E-state index contributed by atoms with van der Waals surface area (Å²) in [4.78, 5) is 26.1.